The van der Waals surface area contributed by atoms with Gasteiger partial charge in [0.15, 0.2) is 0 Å². The van der Waals surface area contributed by atoms with Crippen LogP contribution in [-0.2, 0) is 16.9 Å². The van der Waals surface area contributed by atoms with E-state index in [1.54, 1.807) is 30.5 Å². The molecule has 4 heterocycles. The van der Waals surface area contributed by atoms with Gasteiger partial charge >= 0.3 is 6.09 Å². The summed E-state index contributed by atoms with van der Waals surface area (Å²) in [6.45, 7) is 8.82. The van der Waals surface area contributed by atoms with E-state index >= 15 is 0 Å². The summed E-state index contributed by atoms with van der Waals surface area (Å²) in [6.07, 6.45) is 4.66. The van der Waals surface area contributed by atoms with E-state index in [-0.39, 0.29) is 36.3 Å². The van der Waals surface area contributed by atoms with Crippen LogP contribution in [0.3, 0.4) is 0 Å². The van der Waals surface area contributed by atoms with Crippen molar-refractivity contribution in [2.75, 3.05) is 13.1 Å². The van der Waals surface area contributed by atoms with Crippen molar-refractivity contribution in [1.29, 1.82) is 0 Å². The van der Waals surface area contributed by atoms with Gasteiger partial charge in [0.1, 0.15) is 24.2 Å². The van der Waals surface area contributed by atoms with Crippen LogP contribution in [0.4, 0.5) is 9.18 Å². The summed E-state index contributed by atoms with van der Waals surface area (Å²) in [5, 5.41) is 2.96. The topological polar surface area (TPSA) is 98.1 Å². The molecule has 5 aromatic rings. The lowest BCUT2D eigenvalue weighted by Gasteiger charge is -2.27. The van der Waals surface area contributed by atoms with Crippen LogP contribution in [0.2, 0.25) is 0 Å². The molecule has 1 N–H and O–H groups in total. The number of pyridine rings is 2. The summed E-state index contributed by atoms with van der Waals surface area (Å²) in [5.41, 5.74) is 4.18. The molecule has 2 amide bonds. The molecule has 1 aliphatic heterocycles. The number of fused-ring (bicyclic) bond motifs is 2. The van der Waals surface area contributed by atoms with E-state index in [4.69, 9.17) is 14.5 Å². The number of nitrogens with zero attached hydrogens (tertiary/aromatic N) is 4. The average Bonchev–Trinajstić information content (AvgIpc) is 3.38. The van der Waals surface area contributed by atoms with Crippen molar-refractivity contribution in [3.63, 3.8) is 0 Å². The predicted octanol–water partition coefficient (Wildman–Crippen LogP) is 6.49. The van der Waals surface area contributed by atoms with Crippen molar-refractivity contribution in [3.8, 4) is 17.1 Å². The van der Waals surface area contributed by atoms with Crippen LogP contribution in [-0.4, -0.2) is 50.5 Å². The Bertz CT molecular complexity index is 1960. The van der Waals surface area contributed by atoms with Crippen molar-refractivity contribution in [1.82, 2.24) is 24.6 Å². The summed E-state index contributed by atoms with van der Waals surface area (Å²) in [5.74, 6) is 0.387. The minimum atomic E-state index is -0.852. The molecule has 3 atom stereocenters. The maximum Gasteiger partial charge on any atom is 0.408 e. The first-order chi connectivity index (χ1) is 22.7. The first-order valence-corrected chi connectivity index (χ1v) is 15.5. The summed E-state index contributed by atoms with van der Waals surface area (Å²) >= 11 is 0. The fourth-order valence-corrected chi connectivity index (χ4v) is 6.15. The van der Waals surface area contributed by atoms with E-state index in [9.17, 15) is 14.0 Å². The number of amides is 2. The van der Waals surface area contributed by atoms with Crippen molar-refractivity contribution in [2.24, 2.45) is 11.8 Å². The Hall–Kier alpha value is -5.51. The SMILES string of the molecule is C=Cc1cn2cc(C(=O)N3C[C@@H]4C(Oc5cc(C(C)(C)NC(=O)OCc6ccccc6)cc(-c6ccc(F)cc6)n5)[C@@H]4C3)ccc2n1. The number of likely N-dealkylation sites (tertiary alicyclic amines) is 1. The minimum Gasteiger partial charge on any atom is -0.474 e. The smallest absolute Gasteiger partial charge is 0.408 e. The van der Waals surface area contributed by atoms with Gasteiger partial charge in [-0.05, 0) is 73.5 Å². The Morgan fingerprint density at radius 1 is 1.00 bits per heavy atom. The second kappa shape index (κ2) is 12.0. The zero-order valence-corrected chi connectivity index (χ0v) is 26.1. The van der Waals surface area contributed by atoms with Gasteiger partial charge in [0, 0.05) is 48.9 Å². The number of rotatable bonds is 9. The Morgan fingerprint density at radius 3 is 2.47 bits per heavy atom. The number of imidazole rings is 1. The van der Waals surface area contributed by atoms with Gasteiger partial charge in [-0.2, -0.15) is 0 Å². The largest absolute Gasteiger partial charge is 0.474 e. The number of piperidine rings is 1. The number of aromatic nitrogens is 3. The molecule has 1 aliphatic carbocycles. The Balaban J connectivity index is 1.05. The van der Waals surface area contributed by atoms with Crippen LogP contribution in [0.15, 0.2) is 97.8 Å². The average molecular weight is 632 g/mol. The van der Waals surface area contributed by atoms with Crippen molar-refractivity contribution >= 4 is 23.7 Å². The minimum absolute atomic E-state index is 0.0302. The van der Waals surface area contributed by atoms with Crippen LogP contribution in [0.5, 0.6) is 5.88 Å². The Labute approximate surface area is 271 Å². The van der Waals surface area contributed by atoms with E-state index in [0.717, 1.165) is 22.5 Å². The van der Waals surface area contributed by atoms with E-state index in [1.807, 2.05) is 77.9 Å². The number of hydrogen-bond acceptors (Lipinski definition) is 6. The lowest BCUT2D eigenvalue weighted by molar-refractivity contribution is 0.0750. The highest BCUT2D eigenvalue weighted by atomic mass is 19.1. The standard InChI is InChI=1S/C37H34FN5O4/c1-4-28-19-42-18-25(12-15-32(42)39-28)35(44)43-20-29-30(21-43)34(29)47-33-17-26(16-31(40-33)24-10-13-27(38)14-11-24)37(2,3)41-36(45)46-22-23-8-6-5-7-9-23/h4-19,29-30,34H,1,20-22H2,2-3H3,(H,41,45)/t29-,30+,34?. The lowest BCUT2D eigenvalue weighted by atomic mass is 9.93. The summed E-state index contributed by atoms with van der Waals surface area (Å²) in [4.78, 5) is 37.2. The molecule has 3 aromatic heterocycles. The van der Waals surface area contributed by atoms with E-state index in [0.29, 0.717) is 35.8 Å². The van der Waals surface area contributed by atoms with Gasteiger partial charge < -0.3 is 24.1 Å². The molecular weight excluding hydrogens is 597 g/mol. The molecule has 2 aromatic carbocycles. The highest BCUT2D eigenvalue weighted by Gasteiger charge is 2.59. The van der Waals surface area contributed by atoms with Gasteiger partial charge in [0.25, 0.3) is 5.91 Å². The molecule has 1 saturated carbocycles. The molecule has 0 radical (unpaired) electrons. The van der Waals surface area contributed by atoms with Crippen LogP contribution >= 0.6 is 0 Å². The number of halogens is 1. The molecule has 9 nitrogen and oxygen atoms in total. The maximum absolute atomic E-state index is 13.7. The number of benzene rings is 2. The lowest BCUT2D eigenvalue weighted by Crippen LogP contribution is -2.41. The highest BCUT2D eigenvalue weighted by Crippen LogP contribution is 2.48. The normalized spacial score (nSPS) is 18.4. The van der Waals surface area contributed by atoms with E-state index in [1.165, 1.54) is 12.1 Å². The molecule has 0 bridgehead atoms. The third-order valence-electron chi connectivity index (χ3n) is 8.88. The summed E-state index contributed by atoms with van der Waals surface area (Å²) < 4.78 is 27.5. The van der Waals surface area contributed by atoms with Crippen molar-refractivity contribution in [3.05, 3.63) is 126 Å². The van der Waals surface area contributed by atoms with Gasteiger partial charge in [-0.25, -0.2) is 19.2 Å². The van der Waals surface area contributed by atoms with Crippen LogP contribution in [0, 0.1) is 17.7 Å². The van der Waals surface area contributed by atoms with Crippen molar-refractivity contribution < 1.29 is 23.5 Å². The van der Waals surface area contributed by atoms with Crippen LogP contribution < -0.4 is 10.1 Å². The quantitative estimate of drug-likeness (QED) is 0.200. The number of alkyl carbamates (subject to hydrolysis) is 1. The predicted molar refractivity (Wildman–Crippen MR) is 175 cm³/mol. The van der Waals surface area contributed by atoms with Crippen LogP contribution in [0.25, 0.3) is 23.0 Å². The number of ether oxygens (including phenoxy) is 2. The molecule has 2 aliphatic rings. The molecule has 1 saturated heterocycles. The molecule has 10 heteroatoms. The molecular formula is C37H34FN5O4. The second-order valence-corrected chi connectivity index (χ2v) is 12.6. The van der Waals surface area contributed by atoms with Gasteiger partial charge in [0.2, 0.25) is 5.88 Å². The van der Waals surface area contributed by atoms with Gasteiger partial charge in [-0.15, -0.1) is 0 Å². The van der Waals surface area contributed by atoms with Gasteiger partial charge in [-0.1, -0.05) is 36.9 Å². The highest BCUT2D eigenvalue weighted by molar-refractivity contribution is 5.94. The van der Waals surface area contributed by atoms with Gasteiger partial charge in [-0.3, -0.25) is 4.79 Å². The molecule has 2 fully saturated rings. The molecule has 1 unspecified atom stereocenters. The maximum atomic E-state index is 13.7. The fourth-order valence-electron chi connectivity index (χ4n) is 6.15. The zero-order valence-electron chi connectivity index (χ0n) is 26.1. The van der Waals surface area contributed by atoms with E-state index in [2.05, 4.69) is 16.9 Å². The Kier molecular flexibility index (Phi) is 7.71. The van der Waals surface area contributed by atoms with E-state index < -0.39 is 11.6 Å². The molecule has 7 rings (SSSR count). The monoisotopic (exact) mass is 631 g/mol. The number of nitrogens with one attached hydrogen (secondary N) is 1. The third kappa shape index (κ3) is 6.31. The Morgan fingerprint density at radius 2 is 1.74 bits per heavy atom. The second-order valence-electron chi connectivity index (χ2n) is 12.6. The summed E-state index contributed by atoms with van der Waals surface area (Å²) in [6, 6.07) is 22.9. The fraction of sp³-hybridized carbons (Fsp3) is 0.243. The molecule has 47 heavy (non-hydrogen) atoms. The summed E-state index contributed by atoms with van der Waals surface area (Å²) in [7, 11) is 0. The molecule has 238 valence electrons. The molecule has 0 spiro atoms. The first kappa shape index (κ1) is 30.2. The number of carbonyl (C=O) groups excluding carboxylic acids is 2. The first-order valence-electron chi connectivity index (χ1n) is 15.5. The zero-order chi connectivity index (χ0) is 32.7. The third-order valence-corrected chi connectivity index (χ3v) is 8.88. The number of hydrogen-bond donors (Lipinski definition) is 1. The number of carbonyl (C=O) groups is 2. The van der Waals surface area contributed by atoms with Gasteiger partial charge in [0.05, 0.1) is 22.5 Å². The van der Waals surface area contributed by atoms with Crippen LogP contribution in [0.1, 0.15) is 41.0 Å². The van der Waals surface area contributed by atoms with Crippen molar-refractivity contribution in [2.45, 2.75) is 32.1 Å².